The SMILES string of the molecule is CCCC(CNC(=O)c1ccc(CC#N)cc1)C(=O)O. The predicted octanol–water partition coefficient (Wildman–Crippen LogP) is 1.98. The summed E-state index contributed by atoms with van der Waals surface area (Å²) in [7, 11) is 0. The van der Waals surface area contributed by atoms with Crippen LogP contribution >= 0.6 is 0 Å². The summed E-state index contributed by atoms with van der Waals surface area (Å²) in [4.78, 5) is 22.8. The second-order valence-electron chi connectivity index (χ2n) is 4.57. The van der Waals surface area contributed by atoms with Gasteiger partial charge in [-0.05, 0) is 24.1 Å². The molecule has 0 aromatic heterocycles. The van der Waals surface area contributed by atoms with Crippen LogP contribution in [0.15, 0.2) is 24.3 Å². The fourth-order valence-electron chi connectivity index (χ4n) is 1.84. The molecule has 1 rings (SSSR count). The average molecular weight is 274 g/mol. The van der Waals surface area contributed by atoms with Crippen molar-refractivity contribution in [2.75, 3.05) is 6.54 Å². The highest BCUT2D eigenvalue weighted by molar-refractivity contribution is 5.94. The number of carbonyl (C=O) groups excluding carboxylic acids is 1. The van der Waals surface area contributed by atoms with Gasteiger partial charge in [0.15, 0.2) is 0 Å². The van der Waals surface area contributed by atoms with Crippen LogP contribution in [0.3, 0.4) is 0 Å². The second-order valence-corrected chi connectivity index (χ2v) is 4.57. The van der Waals surface area contributed by atoms with Crippen molar-refractivity contribution in [3.05, 3.63) is 35.4 Å². The van der Waals surface area contributed by atoms with Crippen molar-refractivity contribution >= 4 is 11.9 Å². The number of rotatable bonds is 7. The van der Waals surface area contributed by atoms with Crippen LogP contribution in [0.4, 0.5) is 0 Å². The minimum absolute atomic E-state index is 0.127. The van der Waals surface area contributed by atoms with Gasteiger partial charge >= 0.3 is 5.97 Å². The molecule has 0 aliphatic rings. The molecule has 0 spiro atoms. The van der Waals surface area contributed by atoms with E-state index in [0.29, 0.717) is 18.4 Å². The molecule has 5 nitrogen and oxygen atoms in total. The third kappa shape index (κ3) is 4.73. The van der Waals surface area contributed by atoms with Crippen LogP contribution in [0.25, 0.3) is 0 Å². The molecule has 0 saturated heterocycles. The monoisotopic (exact) mass is 274 g/mol. The highest BCUT2D eigenvalue weighted by Crippen LogP contribution is 2.07. The van der Waals surface area contributed by atoms with E-state index in [4.69, 9.17) is 10.4 Å². The van der Waals surface area contributed by atoms with Crippen LogP contribution in [0.2, 0.25) is 0 Å². The van der Waals surface area contributed by atoms with Crippen LogP contribution in [0.5, 0.6) is 0 Å². The van der Waals surface area contributed by atoms with Crippen molar-refractivity contribution < 1.29 is 14.7 Å². The van der Waals surface area contributed by atoms with Crippen molar-refractivity contribution in [2.45, 2.75) is 26.2 Å². The maximum Gasteiger partial charge on any atom is 0.308 e. The molecular weight excluding hydrogens is 256 g/mol. The van der Waals surface area contributed by atoms with E-state index in [1.807, 2.05) is 13.0 Å². The van der Waals surface area contributed by atoms with Gasteiger partial charge in [-0.25, -0.2) is 0 Å². The number of nitrogens with one attached hydrogen (secondary N) is 1. The van der Waals surface area contributed by atoms with Gasteiger partial charge in [0.1, 0.15) is 0 Å². The highest BCUT2D eigenvalue weighted by Gasteiger charge is 2.17. The number of hydrogen-bond acceptors (Lipinski definition) is 3. The first kappa shape index (κ1) is 15.7. The summed E-state index contributed by atoms with van der Waals surface area (Å²) in [5, 5.41) is 20.2. The number of nitrogens with zero attached hydrogens (tertiary/aromatic N) is 1. The Balaban J connectivity index is 2.58. The number of carboxylic acids is 1. The summed E-state index contributed by atoms with van der Waals surface area (Å²) >= 11 is 0. The molecule has 0 saturated carbocycles. The van der Waals surface area contributed by atoms with Gasteiger partial charge in [0.2, 0.25) is 0 Å². The largest absolute Gasteiger partial charge is 0.481 e. The summed E-state index contributed by atoms with van der Waals surface area (Å²) in [6.07, 6.45) is 1.60. The first-order chi connectivity index (χ1) is 9.58. The summed E-state index contributed by atoms with van der Waals surface area (Å²) in [6.45, 7) is 2.04. The molecule has 5 heteroatoms. The maximum atomic E-state index is 11.9. The van der Waals surface area contributed by atoms with Crippen LogP contribution in [-0.2, 0) is 11.2 Å². The molecule has 0 radical (unpaired) electrons. The summed E-state index contributed by atoms with van der Waals surface area (Å²) in [5.41, 5.74) is 1.31. The minimum atomic E-state index is -0.892. The lowest BCUT2D eigenvalue weighted by Gasteiger charge is -2.12. The van der Waals surface area contributed by atoms with Crippen LogP contribution < -0.4 is 5.32 Å². The number of hydrogen-bond donors (Lipinski definition) is 2. The van der Waals surface area contributed by atoms with Crippen LogP contribution in [0, 0.1) is 17.2 Å². The molecule has 106 valence electrons. The third-order valence-electron chi connectivity index (χ3n) is 2.99. The van der Waals surface area contributed by atoms with E-state index in [-0.39, 0.29) is 12.5 Å². The van der Waals surface area contributed by atoms with Crippen molar-refractivity contribution in [1.29, 1.82) is 5.26 Å². The van der Waals surface area contributed by atoms with Crippen molar-refractivity contribution in [2.24, 2.45) is 5.92 Å². The molecule has 1 atom stereocenters. The smallest absolute Gasteiger partial charge is 0.308 e. The Kier molecular flexibility index (Phi) is 6.24. The first-order valence-corrected chi connectivity index (χ1v) is 6.55. The van der Waals surface area contributed by atoms with Crippen molar-refractivity contribution in [3.8, 4) is 6.07 Å². The highest BCUT2D eigenvalue weighted by atomic mass is 16.4. The zero-order valence-electron chi connectivity index (χ0n) is 11.4. The molecule has 0 aliphatic carbocycles. The van der Waals surface area contributed by atoms with E-state index >= 15 is 0 Å². The van der Waals surface area contributed by atoms with Crippen molar-refractivity contribution in [3.63, 3.8) is 0 Å². The van der Waals surface area contributed by atoms with Gasteiger partial charge in [0.05, 0.1) is 18.4 Å². The Morgan fingerprint density at radius 1 is 1.35 bits per heavy atom. The Bertz CT molecular complexity index is 503. The molecular formula is C15H18N2O3. The van der Waals surface area contributed by atoms with E-state index in [2.05, 4.69) is 5.32 Å². The molecule has 1 aromatic rings. The minimum Gasteiger partial charge on any atom is -0.481 e. The number of nitriles is 1. The van der Waals surface area contributed by atoms with Gasteiger partial charge in [-0.2, -0.15) is 5.26 Å². The molecule has 1 unspecified atom stereocenters. The van der Waals surface area contributed by atoms with E-state index in [0.717, 1.165) is 12.0 Å². The number of benzene rings is 1. The summed E-state index contributed by atoms with van der Waals surface area (Å²) in [6, 6.07) is 8.75. The molecule has 0 heterocycles. The first-order valence-electron chi connectivity index (χ1n) is 6.55. The molecule has 0 aliphatic heterocycles. The van der Waals surface area contributed by atoms with Crippen LogP contribution in [-0.4, -0.2) is 23.5 Å². The van der Waals surface area contributed by atoms with E-state index in [1.54, 1.807) is 24.3 Å². The molecule has 0 bridgehead atoms. The quantitative estimate of drug-likeness (QED) is 0.795. The Morgan fingerprint density at radius 3 is 2.50 bits per heavy atom. The van der Waals surface area contributed by atoms with Gasteiger partial charge in [-0.3, -0.25) is 9.59 Å². The zero-order chi connectivity index (χ0) is 15.0. The Hall–Kier alpha value is -2.35. The zero-order valence-corrected chi connectivity index (χ0v) is 11.4. The average Bonchev–Trinajstić information content (AvgIpc) is 2.44. The lowest BCUT2D eigenvalue weighted by Crippen LogP contribution is -2.32. The maximum absolute atomic E-state index is 11.9. The van der Waals surface area contributed by atoms with E-state index < -0.39 is 11.9 Å². The van der Waals surface area contributed by atoms with Gasteiger partial charge in [-0.15, -0.1) is 0 Å². The van der Waals surface area contributed by atoms with E-state index in [9.17, 15) is 9.59 Å². The second kappa shape index (κ2) is 7.95. The van der Waals surface area contributed by atoms with Crippen molar-refractivity contribution in [1.82, 2.24) is 5.32 Å². The Morgan fingerprint density at radius 2 is 2.00 bits per heavy atom. The predicted molar refractivity (Wildman–Crippen MR) is 74.1 cm³/mol. The third-order valence-corrected chi connectivity index (χ3v) is 2.99. The summed E-state index contributed by atoms with van der Waals surface area (Å²) in [5.74, 6) is -1.74. The lowest BCUT2D eigenvalue weighted by atomic mass is 10.0. The normalized spacial score (nSPS) is 11.4. The summed E-state index contributed by atoms with van der Waals surface area (Å²) < 4.78 is 0. The molecule has 2 N–H and O–H groups in total. The molecule has 1 aromatic carbocycles. The number of carbonyl (C=O) groups is 2. The Labute approximate surface area is 118 Å². The van der Waals surface area contributed by atoms with Gasteiger partial charge in [0.25, 0.3) is 5.91 Å². The molecule has 1 amide bonds. The fourth-order valence-corrected chi connectivity index (χ4v) is 1.84. The fraction of sp³-hybridized carbons (Fsp3) is 0.400. The lowest BCUT2D eigenvalue weighted by molar-refractivity contribution is -0.141. The van der Waals surface area contributed by atoms with Gasteiger partial charge in [0, 0.05) is 12.1 Å². The van der Waals surface area contributed by atoms with Gasteiger partial charge in [-0.1, -0.05) is 25.5 Å². The molecule has 0 fully saturated rings. The van der Waals surface area contributed by atoms with E-state index in [1.165, 1.54) is 0 Å². The van der Waals surface area contributed by atoms with Gasteiger partial charge < -0.3 is 10.4 Å². The van der Waals surface area contributed by atoms with Crippen LogP contribution in [0.1, 0.15) is 35.7 Å². The number of carboxylic acid groups (broad SMARTS) is 1. The molecule has 20 heavy (non-hydrogen) atoms. The standard InChI is InChI=1S/C15H18N2O3/c1-2-3-13(15(19)20)10-17-14(18)12-6-4-11(5-7-12)8-9-16/h4-7,13H,2-3,8,10H2,1H3,(H,17,18)(H,19,20). The number of aliphatic carboxylic acids is 1. The number of amides is 1. The topological polar surface area (TPSA) is 90.2 Å².